The van der Waals surface area contributed by atoms with Gasteiger partial charge in [-0.1, -0.05) is 24.4 Å². The van der Waals surface area contributed by atoms with Crippen molar-refractivity contribution in [1.29, 1.82) is 0 Å². The number of hydrogen-bond acceptors (Lipinski definition) is 2. The maximum absolute atomic E-state index is 11.7. The molecule has 4 nitrogen and oxygen atoms in total. The highest BCUT2D eigenvalue weighted by atomic mass is 35.5. The first kappa shape index (κ1) is 13.2. The van der Waals surface area contributed by atoms with Crippen LogP contribution in [-0.2, 0) is 0 Å². The zero-order valence-corrected chi connectivity index (χ0v) is 10.8. The number of aliphatic hydroxyl groups excluding tert-OH is 1. The molecule has 2 amide bonds. The third kappa shape index (κ3) is 3.62. The molecule has 0 unspecified atom stereocenters. The fourth-order valence-electron chi connectivity index (χ4n) is 2.15. The van der Waals surface area contributed by atoms with Crippen molar-refractivity contribution in [3.8, 4) is 0 Å². The van der Waals surface area contributed by atoms with Crippen LogP contribution in [-0.4, -0.2) is 23.3 Å². The first-order valence-corrected chi connectivity index (χ1v) is 6.54. The Morgan fingerprint density at radius 2 is 1.89 bits per heavy atom. The van der Waals surface area contributed by atoms with Crippen molar-refractivity contribution < 1.29 is 9.90 Å². The van der Waals surface area contributed by atoms with Gasteiger partial charge in [0.25, 0.3) is 0 Å². The van der Waals surface area contributed by atoms with Crippen LogP contribution in [0.1, 0.15) is 25.7 Å². The predicted octanol–water partition coefficient (Wildman–Crippen LogP) is 2.77. The second-order valence-electron chi connectivity index (χ2n) is 4.56. The molecule has 5 heteroatoms. The van der Waals surface area contributed by atoms with Gasteiger partial charge in [0.2, 0.25) is 0 Å². The van der Waals surface area contributed by atoms with E-state index in [4.69, 9.17) is 11.6 Å². The van der Waals surface area contributed by atoms with Gasteiger partial charge in [-0.2, -0.15) is 0 Å². The minimum absolute atomic E-state index is 0.147. The van der Waals surface area contributed by atoms with Crippen LogP contribution >= 0.6 is 11.6 Å². The van der Waals surface area contributed by atoms with Gasteiger partial charge in [-0.05, 0) is 37.1 Å². The van der Waals surface area contributed by atoms with Gasteiger partial charge in [-0.25, -0.2) is 4.79 Å². The van der Waals surface area contributed by atoms with Gasteiger partial charge in [-0.3, -0.25) is 0 Å². The number of amides is 2. The van der Waals surface area contributed by atoms with Crippen molar-refractivity contribution in [3.63, 3.8) is 0 Å². The monoisotopic (exact) mass is 268 g/mol. The van der Waals surface area contributed by atoms with Crippen molar-refractivity contribution >= 4 is 23.3 Å². The van der Waals surface area contributed by atoms with Crippen LogP contribution in [0.4, 0.5) is 10.5 Å². The largest absolute Gasteiger partial charge is 0.391 e. The van der Waals surface area contributed by atoms with E-state index in [-0.39, 0.29) is 12.1 Å². The van der Waals surface area contributed by atoms with E-state index in [0.29, 0.717) is 10.7 Å². The maximum Gasteiger partial charge on any atom is 0.319 e. The average molecular weight is 269 g/mol. The van der Waals surface area contributed by atoms with E-state index in [2.05, 4.69) is 10.6 Å². The zero-order valence-electron chi connectivity index (χ0n) is 10.0. The highest BCUT2D eigenvalue weighted by Gasteiger charge is 2.24. The summed E-state index contributed by atoms with van der Waals surface area (Å²) in [7, 11) is 0. The first-order chi connectivity index (χ1) is 8.65. The summed E-state index contributed by atoms with van der Waals surface area (Å²) >= 11 is 5.76. The molecule has 1 saturated carbocycles. The van der Waals surface area contributed by atoms with E-state index in [9.17, 15) is 9.90 Å². The number of anilines is 1. The molecule has 0 radical (unpaired) electrons. The molecule has 2 rings (SSSR count). The van der Waals surface area contributed by atoms with Gasteiger partial charge in [0, 0.05) is 10.7 Å². The molecule has 1 aromatic carbocycles. The molecule has 0 bridgehead atoms. The van der Waals surface area contributed by atoms with Gasteiger partial charge in [0.1, 0.15) is 0 Å². The van der Waals surface area contributed by atoms with Gasteiger partial charge in [-0.15, -0.1) is 0 Å². The quantitative estimate of drug-likeness (QED) is 0.772. The van der Waals surface area contributed by atoms with E-state index in [0.717, 1.165) is 25.7 Å². The number of hydrogen-bond donors (Lipinski definition) is 3. The van der Waals surface area contributed by atoms with Crippen LogP contribution in [0, 0.1) is 0 Å². The third-order valence-corrected chi connectivity index (χ3v) is 3.40. The van der Waals surface area contributed by atoms with Crippen molar-refractivity contribution in [1.82, 2.24) is 5.32 Å². The summed E-state index contributed by atoms with van der Waals surface area (Å²) in [6.07, 6.45) is 3.22. The van der Waals surface area contributed by atoms with Crippen LogP contribution in [0.3, 0.4) is 0 Å². The Morgan fingerprint density at radius 1 is 1.22 bits per heavy atom. The predicted molar refractivity (Wildman–Crippen MR) is 71.9 cm³/mol. The van der Waals surface area contributed by atoms with Crippen LogP contribution in [0.2, 0.25) is 5.02 Å². The number of nitrogens with one attached hydrogen (secondary N) is 2. The van der Waals surface area contributed by atoms with E-state index in [1.807, 2.05) is 0 Å². The van der Waals surface area contributed by atoms with Crippen molar-refractivity contribution in [2.45, 2.75) is 37.8 Å². The maximum atomic E-state index is 11.7. The van der Waals surface area contributed by atoms with Gasteiger partial charge < -0.3 is 15.7 Å². The molecular formula is C13H17ClN2O2. The lowest BCUT2D eigenvalue weighted by molar-refractivity contribution is 0.0955. The summed E-state index contributed by atoms with van der Waals surface area (Å²) < 4.78 is 0. The van der Waals surface area contributed by atoms with E-state index in [1.54, 1.807) is 24.3 Å². The number of rotatable bonds is 2. The van der Waals surface area contributed by atoms with Gasteiger partial charge >= 0.3 is 6.03 Å². The van der Waals surface area contributed by atoms with Crippen LogP contribution in [0.5, 0.6) is 0 Å². The molecule has 18 heavy (non-hydrogen) atoms. The second-order valence-corrected chi connectivity index (χ2v) is 5.00. The minimum atomic E-state index is -0.435. The summed E-state index contributed by atoms with van der Waals surface area (Å²) in [5, 5.41) is 15.9. The van der Waals surface area contributed by atoms with Crippen LogP contribution < -0.4 is 10.6 Å². The van der Waals surface area contributed by atoms with Crippen LogP contribution in [0.25, 0.3) is 0 Å². The molecule has 0 saturated heterocycles. The molecule has 0 heterocycles. The van der Waals surface area contributed by atoms with Crippen LogP contribution in [0.15, 0.2) is 24.3 Å². The SMILES string of the molecule is O=C(Nc1ccc(Cl)cc1)N[C@@H]1CCCC[C@@H]1O. The zero-order chi connectivity index (χ0) is 13.0. The summed E-state index contributed by atoms with van der Waals surface area (Å²) in [4.78, 5) is 11.7. The molecule has 0 spiro atoms. The van der Waals surface area contributed by atoms with Crippen molar-refractivity contribution in [3.05, 3.63) is 29.3 Å². The molecule has 3 N–H and O–H groups in total. The number of aliphatic hydroxyl groups is 1. The lowest BCUT2D eigenvalue weighted by atomic mass is 9.93. The number of halogens is 1. The normalized spacial score (nSPS) is 23.4. The van der Waals surface area contributed by atoms with Gasteiger partial charge in [0.15, 0.2) is 0 Å². The third-order valence-electron chi connectivity index (χ3n) is 3.15. The summed E-state index contributed by atoms with van der Waals surface area (Å²) in [5.74, 6) is 0. The fourth-order valence-corrected chi connectivity index (χ4v) is 2.27. The first-order valence-electron chi connectivity index (χ1n) is 6.16. The van der Waals surface area contributed by atoms with Crippen molar-refractivity contribution in [2.75, 3.05) is 5.32 Å². The molecule has 0 aromatic heterocycles. The highest BCUT2D eigenvalue weighted by molar-refractivity contribution is 6.30. The Bertz CT molecular complexity index is 408. The Morgan fingerprint density at radius 3 is 2.56 bits per heavy atom. The number of carbonyl (C=O) groups is 1. The highest BCUT2D eigenvalue weighted by Crippen LogP contribution is 2.18. The molecule has 1 aromatic rings. The topological polar surface area (TPSA) is 61.4 Å². The lowest BCUT2D eigenvalue weighted by Gasteiger charge is -2.28. The number of carbonyl (C=O) groups excluding carboxylic acids is 1. The molecular weight excluding hydrogens is 252 g/mol. The summed E-state index contributed by atoms with van der Waals surface area (Å²) in [6, 6.07) is 6.46. The smallest absolute Gasteiger partial charge is 0.319 e. The molecule has 98 valence electrons. The molecule has 0 aliphatic heterocycles. The summed E-state index contributed by atoms with van der Waals surface area (Å²) in [5.41, 5.74) is 0.683. The molecule has 1 fully saturated rings. The number of benzene rings is 1. The fraction of sp³-hybridized carbons (Fsp3) is 0.462. The minimum Gasteiger partial charge on any atom is -0.391 e. The molecule has 1 aliphatic carbocycles. The van der Waals surface area contributed by atoms with E-state index < -0.39 is 6.10 Å². The average Bonchev–Trinajstić information content (AvgIpc) is 2.35. The van der Waals surface area contributed by atoms with E-state index in [1.165, 1.54) is 0 Å². The van der Waals surface area contributed by atoms with Gasteiger partial charge in [0.05, 0.1) is 12.1 Å². The Hall–Kier alpha value is -1.26. The Kier molecular flexibility index (Phi) is 4.44. The molecule has 1 aliphatic rings. The van der Waals surface area contributed by atoms with E-state index >= 15 is 0 Å². The summed E-state index contributed by atoms with van der Waals surface area (Å²) in [6.45, 7) is 0. The Balaban J connectivity index is 1.86. The Labute approximate surface area is 111 Å². The number of urea groups is 1. The second kappa shape index (κ2) is 6.07. The molecule has 2 atom stereocenters. The van der Waals surface area contributed by atoms with Crippen molar-refractivity contribution in [2.24, 2.45) is 0 Å². The lowest BCUT2D eigenvalue weighted by Crippen LogP contribution is -2.46. The standard InChI is InChI=1S/C13H17ClN2O2/c14-9-5-7-10(8-6-9)15-13(18)16-11-3-1-2-4-12(11)17/h5-8,11-12,17H,1-4H2,(H2,15,16,18)/t11-,12+/m1/s1.